The third-order valence-electron chi connectivity index (χ3n) is 3.91. The Morgan fingerprint density at radius 2 is 1.90 bits per heavy atom. The number of hydrogen-bond acceptors (Lipinski definition) is 3. The molecule has 1 aliphatic rings. The zero-order valence-corrected chi connectivity index (χ0v) is 15.5. The van der Waals surface area contributed by atoms with Gasteiger partial charge in [0.25, 0.3) is 0 Å². The largest absolute Gasteiger partial charge is 0.493 e. The molecule has 1 aromatic carbocycles. The molecule has 1 amide bonds. The molecular weight excluding hydrogens is 402 g/mol. The van der Waals surface area contributed by atoms with Crippen molar-refractivity contribution >= 4 is 37.8 Å². The Morgan fingerprint density at radius 1 is 1.29 bits per heavy atom. The van der Waals surface area contributed by atoms with Gasteiger partial charge in [0.1, 0.15) is 0 Å². The molecule has 6 heteroatoms. The molecule has 1 aliphatic carbocycles. The number of rotatable bonds is 6. The molecule has 1 N–H and O–H groups in total. The number of ether oxygens (including phenoxy) is 2. The van der Waals surface area contributed by atoms with Crippen LogP contribution in [0.1, 0.15) is 18.9 Å². The molecule has 0 aromatic heterocycles. The Hall–Kier alpha value is -0.750. The summed E-state index contributed by atoms with van der Waals surface area (Å²) in [6.45, 7) is 2.54. The maximum Gasteiger partial charge on any atom is 0.228 e. The van der Waals surface area contributed by atoms with E-state index in [2.05, 4.69) is 37.2 Å². The van der Waals surface area contributed by atoms with Gasteiger partial charge in [-0.3, -0.25) is 4.79 Å². The van der Waals surface area contributed by atoms with Crippen molar-refractivity contribution in [2.45, 2.75) is 23.0 Å². The van der Waals surface area contributed by atoms with Crippen molar-refractivity contribution in [3.63, 3.8) is 0 Å². The third kappa shape index (κ3) is 3.37. The van der Waals surface area contributed by atoms with Crippen molar-refractivity contribution in [1.29, 1.82) is 0 Å². The predicted octanol–water partition coefficient (Wildman–Crippen LogP) is 3.26. The number of nitrogens with one attached hydrogen (secondary N) is 1. The van der Waals surface area contributed by atoms with E-state index in [4.69, 9.17) is 9.47 Å². The molecule has 0 aliphatic heterocycles. The minimum atomic E-state index is -0.370. The SMILES string of the molecule is COc1ccc(CCNC(=O)C2(C)CC2(Br)Br)cc1OC. The monoisotopic (exact) mass is 419 g/mol. The Morgan fingerprint density at radius 3 is 2.43 bits per heavy atom. The molecule has 1 aromatic rings. The number of hydrogen-bond donors (Lipinski definition) is 1. The molecule has 2 rings (SSSR count). The lowest BCUT2D eigenvalue weighted by molar-refractivity contribution is -0.125. The van der Waals surface area contributed by atoms with Crippen LogP contribution in [0.5, 0.6) is 11.5 Å². The molecule has 0 heterocycles. The van der Waals surface area contributed by atoms with E-state index in [1.54, 1.807) is 14.2 Å². The van der Waals surface area contributed by atoms with Crippen LogP contribution in [0.15, 0.2) is 18.2 Å². The number of alkyl halides is 2. The van der Waals surface area contributed by atoms with Crippen molar-refractivity contribution in [3.8, 4) is 11.5 Å². The summed E-state index contributed by atoms with van der Waals surface area (Å²) >= 11 is 7.01. The first-order valence-electron chi connectivity index (χ1n) is 6.71. The highest BCUT2D eigenvalue weighted by molar-refractivity contribution is 9.25. The second kappa shape index (κ2) is 6.16. The number of amides is 1. The third-order valence-corrected chi connectivity index (χ3v) is 6.22. The number of halogens is 2. The first-order chi connectivity index (χ1) is 9.84. The fourth-order valence-electron chi connectivity index (χ4n) is 2.20. The van der Waals surface area contributed by atoms with E-state index in [-0.39, 0.29) is 14.6 Å². The van der Waals surface area contributed by atoms with E-state index in [1.807, 2.05) is 25.1 Å². The molecule has 4 nitrogen and oxygen atoms in total. The number of methoxy groups -OCH3 is 2. The highest BCUT2D eigenvalue weighted by Crippen LogP contribution is 2.66. The van der Waals surface area contributed by atoms with Crippen molar-refractivity contribution < 1.29 is 14.3 Å². The van der Waals surface area contributed by atoms with Crippen molar-refractivity contribution in [1.82, 2.24) is 5.32 Å². The van der Waals surface area contributed by atoms with Crippen LogP contribution in [0.3, 0.4) is 0 Å². The lowest BCUT2D eigenvalue weighted by atomic mass is 10.1. The van der Waals surface area contributed by atoms with Gasteiger partial charge in [0.15, 0.2) is 11.5 Å². The molecule has 1 unspecified atom stereocenters. The Balaban J connectivity index is 1.88. The van der Waals surface area contributed by atoms with Crippen LogP contribution in [-0.4, -0.2) is 29.9 Å². The zero-order chi connectivity index (χ0) is 15.7. The molecule has 1 atom stereocenters. The van der Waals surface area contributed by atoms with Crippen LogP contribution in [0.2, 0.25) is 0 Å². The first-order valence-corrected chi connectivity index (χ1v) is 8.30. The summed E-state index contributed by atoms with van der Waals surface area (Å²) in [5.41, 5.74) is 0.725. The molecule has 0 spiro atoms. The first kappa shape index (κ1) is 16.6. The van der Waals surface area contributed by atoms with Crippen molar-refractivity contribution in [2.24, 2.45) is 5.41 Å². The van der Waals surface area contributed by atoms with E-state index >= 15 is 0 Å². The molecule has 1 fully saturated rings. The Labute approximate surface area is 141 Å². The lowest BCUT2D eigenvalue weighted by Gasteiger charge is -2.13. The van der Waals surface area contributed by atoms with Gasteiger partial charge >= 0.3 is 0 Å². The standard InChI is InChI=1S/C15H19Br2NO3/c1-14(9-15(14,16)17)13(19)18-7-6-10-4-5-11(20-2)12(8-10)21-3/h4-5,8H,6-7,9H2,1-3H3,(H,18,19). The van der Waals surface area contributed by atoms with E-state index in [9.17, 15) is 4.79 Å². The smallest absolute Gasteiger partial charge is 0.228 e. The average molecular weight is 421 g/mol. The highest BCUT2D eigenvalue weighted by atomic mass is 79.9. The Kier molecular flexibility index (Phi) is 4.88. The normalized spacial score (nSPS) is 22.5. The summed E-state index contributed by atoms with van der Waals surface area (Å²) in [5.74, 6) is 1.48. The van der Waals surface area contributed by atoms with Crippen LogP contribution in [-0.2, 0) is 11.2 Å². The minimum absolute atomic E-state index is 0.0664. The van der Waals surface area contributed by atoms with Gasteiger partial charge in [0.2, 0.25) is 5.91 Å². The number of benzene rings is 1. The van der Waals surface area contributed by atoms with E-state index < -0.39 is 0 Å². The Bertz CT molecular complexity index is 548. The van der Waals surface area contributed by atoms with Gasteiger partial charge < -0.3 is 14.8 Å². The van der Waals surface area contributed by atoms with E-state index in [0.717, 1.165) is 18.4 Å². The van der Waals surface area contributed by atoms with Crippen LogP contribution in [0.25, 0.3) is 0 Å². The van der Waals surface area contributed by atoms with Gasteiger partial charge in [0, 0.05) is 6.54 Å². The zero-order valence-electron chi connectivity index (χ0n) is 12.3. The van der Waals surface area contributed by atoms with Gasteiger partial charge in [-0.15, -0.1) is 0 Å². The maximum atomic E-state index is 12.1. The second-order valence-corrected chi connectivity index (χ2v) is 9.18. The molecular formula is C15H19Br2NO3. The molecule has 0 radical (unpaired) electrons. The van der Waals surface area contributed by atoms with Gasteiger partial charge in [-0.2, -0.15) is 0 Å². The van der Waals surface area contributed by atoms with Crippen LogP contribution in [0.4, 0.5) is 0 Å². The fraction of sp³-hybridized carbons (Fsp3) is 0.533. The van der Waals surface area contributed by atoms with Gasteiger partial charge in [-0.1, -0.05) is 37.9 Å². The summed E-state index contributed by atoms with van der Waals surface area (Å²) in [4.78, 5) is 12.1. The number of carbonyl (C=O) groups excluding carboxylic acids is 1. The molecule has 21 heavy (non-hydrogen) atoms. The fourth-order valence-corrected chi connectivity index (χ4v) is 3.68. The van der Waals surface area contributed by atoms with Crippen LogP contribution >= 0.6 is 31.9 Å². The topological polar surface area (TPSA) is 47.6 Å². The van der Waals surface area contributed by atoms with Crippen molar-refractivity contribution in [3.05, 3.63) is 23.8 Å². The summed E-state index contributed by atoms with van der Waals surface area (Å²) in [7, 11) is 3.23. The van der Waals surface area contributed by atoms with Gasteiger partial charge in [-0.05, 0) is 37.5 Å². The van der Waals surface area contributed by atoms with Gasteiger partial charge in [-0.25, -0.2) is 0 Å². The summed E-state index contributed by atoms with van der Waals surface area (Å²) in [5, 5.41) is 2.98. The van der Waals surface area contributed by atoms with Crippen LogP contribution in [0, 0.1) is 5.41 Å². The van der Waals surface area contributed by atoms with Gasteiger partial charge in [0.05, 0.1) is 22.9 Å². The highest BCUT2D eigenvalue weighted by Gasteiger charge is 2.66. The summed E-state index contributed by atoms with van der Waals surface area (Å²) in [6, 6.07) is 5.79. The number of carbonyl (C=O) groups is 1. The summed E-state index contributed by atoms with van der Waals surface area (Å²) in [6.07, 6.45) is 1.54. The molecule has 0 bridgehead atoms. The van der Waals surface area contributed by atoms with Crippen LogP contribution < -0.4 is 14.8 Å². The lowest BCUT2D eigenvalue weighted by Crippen LogP contribution is -2.34. The maximum absolute atomic E-state index is 12.1. The minimum Gasteiger partial charge on any atom is -0.493 e. The second-order valence-electron chi connectivity index (χ2n) is 5.41. The van der Waals surface area contributed by atoms with E-state index in [1.165, 1.54) is 0 Å². The quantitative estimate of drug-likeness (QED) is 0.718. The van der Waals surface area contributed by atoms with E-state index in [0.29, 0.717) is 18.0 Å². The molecule has 1 saturated carbocycles. The predicted molar refractivity (Wildman–Crippen MR) is 89.6 cm³/mol. The molecule has 0 saturated heterocycles. The summed E-state index contributed by atoms with van der Waals surface area (Å²) < 4.78 is 10.2. The van der Waals surface area contributed by atoms with Crippen molar-refractivity contribution in [2.75, 3.05) is 20.8 Å². The average Bonchev–Trinajstić information content (AvgIpc) is 2.98. The molecule has 116 valence electrons.